The maximum Gasteiger partial charge on any atom is 0.327 e. The predicted octanol–water partition coefficient (Wildman–Crippen LogP) is 2.57. The van der Waals surface area contributed by atoms with Crippen molar-refractivity contribution in [2.75, 3.05) is 33.9 Å². The van der Waals surface area contributed by atoms with Crippen molar-refractivity contribution in [2.45, 2.75) is 25.8 Å². The average molecular weight is 291 g/mol. The molecule has 1 fully saturated rings. The molecule has 0 aromatic heterocycles. The molecule has 0 bridgehead atoms. The minimum absolute atomic E-state index is 0.196. The van der Waals surface area contributed by atoms with Crippen molar-refractivity contribution in [2.24, 2.45) is 5.92 Å². The molecule has 21 heavy (non-hydrogen) atoms. The molecule has 1 unspecified atom stereocenters. The molecule has 0 radical (unpaired) electrons. The Kier molecular flexibility index (Phi) is 5.76. The molecule has 0 N–H and O–H groups in total. The first kappa shape index (κ1) is 16.0. The highest BCUT2D eigenvalue weighted by Gasteiger charge is 2.29. The first-order chi connectivity index (χ1) is 10.1. The van der Waals surface area contributed by atoms with E-state index in [1.54, 1.807) is 0 Å². The van der Waals surface area contributed by atoms with E-state index in [0.717, 1.165) is 43.7 Å². The summed E-state index contributed by atoms with van der Waals surface area (Å²) in [5.74, 6) is 0.388. The maximum atomic E-state index is 12.3. The van der Waals surface area contributed by atoms with Crippen LogP contribution in [0.1, 0.15) is 30.0 Å². The van der Waals surface area contributed by atoms with Crippen LogP contribution in [-0.4, -0.2) is 44.8 Å². The Morgan fingerprint density at radius 3 is 2.67 bits per heavy atom. The molecule has 1 aromatic rings. The fourth-order valence-corrected chi connectivity index (χ4v) is 2.99. The molecule has 0 spiro atoms. The van der Waals surface area contributed by atoms with Crippen molar-refractivity contribution in [1.82, 2.24) is 4.90 Å². The van der Waals surface area contributed by atoms with Crippen LogP contribution in [0.2, 0.25) is 0 Å². The number of methoxy groups -OCH3 is 1. The van der Waals surface area contributed by atoms with Crippen LogP contribution < -0.4 is 0 Å². The van der Waals surface area contributed by atoms with Crippen LogP contribution in [0.15, 0.2) is 24.3 Å². The summed E-state index contributed by atoms with van der Waals surface area (Å²) in [5.41, 5.74) is 2.14. The zero-order chi connectivity index (χ0) is 15.2. The van der Waals surface area contributed by atoms with Crippen LogP contribution in [-0.2, 0) is 14.3 Å². The fourth-order valence-electron chi connectivity index (χ4n) is 2.99. The minimum Gasteiger partial charge on any atom is -0.468 e. The normalized spacial score (nSPS) is 17.7. The van der Waals surface area contributed by atoms with Gasteiger partial charge in [0.15, 0.2) is 0 Å². The van der Waals surface area contributed by atoms with E-state index in [2.05, 4.69) is 4.90 Å². The van der Waals surface area contributed by atoms with Gasteiger partial charge in [-0.05, 0) is 43.9 Å². The minimum atomic E-state index is -0.334. The standard InChI is InChI=1S/C17H25NO3/c1-13-6-4-5-7-15(13)16(17(19)20-3)18(2)12-14-8-10-21-11-9-14/h4-7,14,16H,8-12H2,1-3H3. The van der Waals surface area contributed by atoms with E-state index >= 15 is 0 Å². The van der Waals surface area contributed by atoms with Gasteiger partial charge < -0.3 is 9.47 Å². The number of hydrogen-bond acceptors (Lipinski definition) is 4. The van der Waals surface area contributed by atoms with E-state index in [0.29, 0.717) is 5.92 Å². The van der Waals surface area contributed by atoms with E-state index in [-0.39, 0.29) is 12.0 Å². The first-order valence-electron chi connectivity index (χ1n) is 7.54. The molecule has 1 aliphatic heterocycles. The first-order valence-corrected chi connectivity index (χ1v) is 7.54. The molecule has 116 valence electrons. The SMILES string of the molecule is COC(=O)C(c1ccccc1C)N(C)CC1CCOCC1. The monoisotopic (exact) mass is 291 g/mol. The Morgan fingerprint density at radius 2 is 2.05 bits per heavy atom. The number of hydrogen-bond donors (Lipinski definition) is 0. The lowest BCUT2D eigenvalue weighted by Crippen LogP contribution is -2.37. The highest BCUT2D eigenvalue weighted by molar-refractivity contribution is 5.78. The number of esters is 1. The van der Waals surface area contributed by atoms with Crippen molar-refractivity contribution in [3.05, 3.63) is 35.4 Å². The number of carbonyl (C=O) groups is 1. The Morgan fingerprint density at radius 1 is 1.38 bits per heavy atom. The van der Waals surface area contributed by atoms with Crippen LogP contribution in [0, 0.1) is 12.8 Å². The molecule has 4 nitrogen and oxygen atoms in total. The summed E-state index contributed by atoms with van der Waals surface area (Å²) in [4.78, 5) is 14.4. The molecular weight excluding hydrogens is 266 g/mol. The third-order valence-electron chi connectivity index (χ3n) is 4.24. The summed E-state index contributed by atoms with van der Waals surface area (Å²) < 4.78 is 10.4. The smallest absolute Gasteiger partial charge is 0.327 e. The van der Waals surface area contributed by atoms with Crippen LogP contribution >= 0.6 is 0 Å². The molecule has 1 atom stereocenters. The quantitative estimate of drug-likeness (QED) is 0.782. The van der Waals surface area contributed by atoms with Gasteiger partial charge in [-0.15, -0.1) is 0 Å². The third kappa shape index (κ3) is 4.05. The molecule has 2 rings (SSSR count). The number of nitrogens with zero attached hydrogens (tertiary/aromatic N) is 1. The Bertz CT molecular complexity index is 469. The van der Waals surface area contributed by atoms with Crippen molar-refractivity contribution in [1.29, 1.82) is 0 Å². The molecule has 0 saturated carbocycles. The second-order valence-electron chi connectivity index (χ2n) is 5.78. The third-order valence-corrected chi connectivity index (χ3v) is 4.24. The van der Waals surface area contributed by atoms with Crippen molar-refractivity contribution in [3.8, 4) is 0 Å². The highest BCUT2D eigenvalue weighted by atomic mass is 16.5. The fraction of sp³-hybridized carbons (Fsp3) is 0.588. The molecule has 1 saturated heterocycles. The number of aryl methyl sites for hydroxylation is 1. The lowest BCUT2D eigenvalue weighted by molar-refractivity contribution is -0.147. The number of carbonyl (C=O) groups excluding carboxylic acids is 1. The summed E-state index contributed by atoms with van der Waals surface area (Å²) in [6, 6.07) is 7.68. The van der Waals surface area contributed by atoms with Crippen LogP contribution in [0.25, 0.3) is 0 Å². The summed E-state index contributed by atoms with van der Waals surface area (Å²) in [6.07, 6.45) is 2.12. The number of likely N-dealkylation sites (N-methyl/N-ethyl adjacent to an activating group) is 1. The van der Waals surface area contributed by atoms with Gasteiger partial charge in [-0.25, -0.2) is 4.79 Å². The van der Waals surface area contributed by atoms with E-state index in [4.69, 9.17) is 9.47 Å². The summed E-state index contributed by atoms with van der Waals surface area (Å²) in [5, 5.41) is 0. The lowest BCUT2D eigenvalue weighted by atomic mass is 9.96. The number of ether oxygens (including phenoxy) is 2. The summed E-state index contributed by atoms with van der Waals surface area (Å²) >= 11 is 0. The van der Waals surface area contributed by atoms with Gasteiger partial charge in [0.25, 0.3) is 0 Å². The Balaban J connectivity index is 2.15. The van der Waals surface area contributed by atoms with E-state index < -0.39 is 0 Å². The second-order valence-corrected chi connectivity index (χ2v) is 5.78. The summed E-state index contributed by atoms with van der Waals surface area (Å²) in [6.45, 7) is 4.57. The molecule has 0 aliphatic carbocycles. The van der Waals surface area contributed by atoms with Gasteiger partial charge in [-0.2, -0.15) is 0 Å². The van der Waals surface area contributed by atoms with E-state index in [9.17, 15) is 4.79 Å². The Hall–Kier alpha value is -1.39. The average Bonchev–Trinajstić information content (AvgIpc) is 2.50. The van der Waals surface area contributed by atoms with Gasteiger partial charge in [0.1, 0.15) is 6.04 Å². The van der Waals surface area contributed by atoms with E-state index in [1.165, 1.54) is 7.11 Å². The second kappa shape index (κ2) is 7.57. The molecule has 4 heteroatoms. The van der Waals surface area contributed by atoms with Crippen LogP contribution in [0.3, 0.4) is 0 Å². The zero-order valence-electron chi connectivity index (χ0n) is 13.2. The predicted molar refractivity (Wildman–Crippen MR) is 82.1 cm³/mol. The van der Waals surface area contributed by atoms with Crippen LogP contribution in [0.4, 0.5) is 0 Å². The molecule has 1 aliphatic rings. The van der Waals surface area contributed by atoms with Crippen molar-refractivity contribution < 1.29 is 14.3 Å². The molecule has 0 amide bonds. The van der Waals surface area contributed by atoms with Gasteiger partial charge in [0.2, 0.25) is 0 Å². The highest BCUT2D eigenvalue weighted by Crippen LogP contribution is 2.26. The topological polar surface area (TPSA) is 38.8 Å². The van der Waals surface area contributed by atoms with Gasteiger partial charge in [-0.1, -0.05) is 24.3 Å². The van der Waals surface area contributed by atoms with Gasteiger partial charge in [-0.3, -0.25) is 4.90 Å². The summed E-state index contributed by atoms with van der Waals surface area (Å²) in [7, 11) is 3.46. The Labute approximate surface area is 127 Å². The molecular formula is C17H25NO3. The van der Waals surface area contributed by atoms with E-state index in [1.807, 2.05) is 38.2 Å². The lowest BCUT2D eigenvalue weighted by Gasteiger charge is -2.32. The van der Waals surface area contributed by atoms with Crippen molar-refractivity contribution >= 4 is 5.97 Å². The number of rotatable bonds is 5. The zero-order valence-corrected chi connectivity index (χ0v) is 13.2. The van der Waals surface area contributed by atoms with Crippen molar-refractivity contribution in [3.63, 3.8) is 0 Å². The van der Waals surface area contributed by atoms with Gasteiger partial charge in [0.05, 0.1) is 7.11 Å². The molecule has 1 aromatic carbocycles. The molecule has 1 heterocycles. The van der Waals surface area contributed by atoms with Gasteiger partial charge >= 0.3 is 5.97 Å². The number of benzene rings is 1. The van der Waals surface area contributed by atoms with Crippen LogP contribution in [0.5, 0.6) is 0 Å². The maximum absolute atomic E-state index is 12.3. The van der Waals surface area contributed by atoms with Gasteiger partial charge in [0, 0.05) is 19.8 Å². The largest absolute Gasteiger partial charge is 0.468 e.